The zero-order valence-electron chi connectivity index (χ0n) is 22.7. The largest absolute Gasteiger partial charge is 0.494 e. The molecule has 0 saturated heterocycles. The number of halogens is 1. The van der Waals surface area contributed by atoms with Crippen molar-refractivity contribution < 1.29 is 14.6 Å². The Hall–Kier alpha value is -3.83. The number of anilines is 1. The summed E-state index contributed by atoms with van der Waals surface area (Å²) in [6, 6.07) is 22.0. The van der Waals surface area contributed by atoms with E-state index in [1.54, 1.807) is 11.3 Å². The van der Waals surface area contributed by atoms with E-state index < -0.39 is 5.97 Å². The van der Waals surface area contributed by atoms with Crippen LogP contribution in [0.2, 0.25) is 0 Å². The fourth-order valence-electron chi connectivity index (χ4n) is 4.88. The van der Waals surface area contributed by atoms with Crippen molar-refractivity contribution in [3.8, 4) is 16.3 Å². The monoisotopic (exact) mass is 619 g/mol. The third kappa shape index (κ3) is 6.63. The van der Waals surface area contributed by atoms with E-state index in [-0.39, 0.29) is 18.1 Å². The highest BCUT2D eigenvalue weighted by atomic mass is 35.5. The number of aromatic carboxylic acids is 1. The molecular weight excluding hydrogens is 590 g/mol. The molecule has 3 aromatic carbocycles. The fraction of sp³-hybridized carbons (Fsp3) is 0.226. The van der Waals surface area contributed by atoms with Gasteiger partial charge in [0.2, 0.25) is 5.13 Å². The van der Waals surface area contributed by atoms with Crippen molar-refractivity contribution in [1.82, 2.24) is 9.97 Å². The van der Waals surface area contributed by atoms with Gasteiger partial charge in [-0.1, -0.05) is 47.7 Å². The maximum absolute atomic E-state index is 12.0. The number of fused-ring (bicyclic) bond motifs is 2. The number of rotatable bonds is 10. The van der Waals surface area contributed by atoms with Crippen LogP contribution in [0.25, 0.3) is 20.8 Å². The number of ether oxygens (including phenoxy) is 1. The number of aryl methyl sites for hydroxylation is 2. The predicted octanol–water partition coefficient (Wildman–Crippen LogP) is 7.16. The van der Waals surface area contributed by atoms with Gasteiger partial charge in [0.15, 0.2) is 5.69 Å². The lowest BCUT2D eigenvalue weighted by molar-refractivity contribution is 0.0690. The standard InChI is InChI=1S/C31H29N5O3S2.ClH/c32-18-19-10-14-22(15-11-19)39-16-4-9-27-28(30(37)38)34-29(40-27)21-13-12-20-5-3-7-24(23(20)17-21)35-36-31-33-25-6-1-2-8-26(25)41-31;/h1-2,6,8,10-15,17H,3-5,7,9,16,18,32H2,(H,33,36)(H,37,38);1H. The van der Waals surface area contributed by atoms with Gasteiger partial charge < -0.3 is 15.6 Å². The van der Waals surface area contributed by atoms with Crippen LogP contribution in [0.5, 0.6) is 5.75 Å². The van der Waals surface area contributed by atoms with Gasteiger partial charge in [0.05, 0.1) is 22.5 Å². The number of hydrogen-bond donors (Lipinski definition) is 3. The highest BCUT2D eigenvalue weighted by molar-refractivity contribution is 7.22. The van der Waals surface area contributed by atoms with Gasteiger partial charge in [-0.25, -0.2) is 14.8 Å². The Labute approximate surface area is 257 Å². The van der Waals surface area contributed by atoms with Crippen molar-refractivity contribution in [3.63, 3.8) is 0 Å². The molecule has 5 aromatic rings. The summed E-state index contributed by atoms with van der Waals surface area (Å²) >= 11 is 3.01. The summed E-state index contributed by atoms with van der Waals surface area (Å²) in [6.45, 7) is 0.972. The smallest absolute Gasteiger partial charge is 0.355 e. The molecule has 0 aliphatic heterocycles. The lowest BCUT2D eigenvalue weighted by Crippen LogP contribution is -2.13. The van der Waals surface area contributed by atoms with Gasteiger partial charge in [-0.15, -0.1) is 23.7 Å². The SMILES string of the molecule is Cl.NCc1ccc(OCCCc2sc(-c3ccc4c(c3)C(=NNc3nc5ccccc5s3)CCC4)nc2C(=O)O)cc1. The second-order valence-electron chi connectivity index (χ2n) is 9.78. The van der Waals surface area contributed by atoms with E-state index in [9.17, 15) is 9.90 Å². The van der Waals surface area contributed by atoms with Crippen LogP contribution in [0, 0.1) is 0 Å². The van der Waals surface area contributed by atoms with Crippen molar-refractivity contribution in [2.45, 2.75) is 38.6 Å². The Morgan fingerprint density at radius 2 is 1.88 bits per heavy atom. The molecular formula is C31H30ClN5O3S2. The molecule has 0 radical (unpaired) electrons. The van der Waals surface area contributed by atoms with Gasteiger partial charge >= 0.3 is 5.97 Å². The summed E-state index contributed by atoms with van der Waals surface area (Å²) in [5.74, 6) is -0.240. The molecule has 1 aliphatic carbocycles. The number of benzene rings is 3. The maximum Gasteiger partial charge on any atom is 0.355 e. The molecule has 6 rings (SSSR count). The number of nitrogens with two attached hydrogens (primary N) is 1. The molecule has 42 heavy (non-hydrogen) atoms. The number of carboxylic acids is 1. The van der Waals surface area contributed by atoms with Crippen molar-refractivity contribution in [1.29, 1.82) is 0 Å². The first-order valence-electron chi connectivity index (χ1n) is 13.5. The molecule has 2 aromatic heterocycles. The molecule has 0 bridgehead atoms. The molecule has 1 aliphatic rings. The van der Waals surface area contributed by atoms with E-state index in [4.69, 9.17) is 15.6 Å². The number of aromatic nitrogens is 2. The molecule has 2 heterocycles. The zero-order chi connectivity index (χ0) is 28.2. The number of nitrogens with one attached hydrogen (secondary N) is 1. The first kappa shape index (κ1) is 29.7. The van der Waals surface area contributed by atoms with Crippen LogP contribution in [0.15, 0.2) is 71.8 Å². The normalized spacial score (nSPS) is 13.5. The van der Waals surface area contributed by atoms with Crippen LogP contribution in [0.3, 0.4) is 0 Å². The van der Waals surface area contributed by atoms with Gasteiger partial charge in [0.1, 0.15) is 10.8 Å². The van der Waals surface area contributed by atoms with E-state index in [0.717, 1.165) is 67.6 Å². The zero-order valence-corrected chi connectivity index (χ0v) is 25.2. The van der Waals surface area contributed by atoms with E-state index in [2.05, 4.69) is 33.6 Å². The first-order chi connectivity index (χ1) is 20.1. The Morgan fingerprint density at radius 3 is 2.67 bits per heavy atom. The molecule has 0 fully saturated rings. The Balaban J connectivity index is 0.00000353. The van der Waals surface area contributed by atoms with Crippen LogP contribution >= 0.6 is 35.1 Å². The van der Waals surface area contributed by atoms with Gasteiger partial charge in [-0.05, 0) is 73.6 Å². The predicted molar refractivity (Wildman–Crippen MR) is 173 cm³/mol. The summed E-state index contributed by atoms with van der Waals surface area (Å²) in [4.78, 5) is 21.9. The van der Waals surface area contributed by atoms with Crippen LogP contribution in [0.4, 0.5) is 5.13 Å². The van der Waals surface area contributed by atoms with Crippen molar-refractivity contribution in [2.24, 2.45) is 10.8 Å². The number of nitrogens with zero attached hydrogens (tertiary/aromatic N) is 3. The Kier molecular flexibility index (Phi) is 9.48. The van der Waals surface area contributed by atoms with Gasteiger partial charge in [-0.3, -0.25) is 5.43 Å². The van der Waals surface area contributed by atoms with Crippen LogP contribution < -0.4 is 15.9 Å². The second-order valence-corrected chi connectivity index (χ2v) is 11.9. The number of carboxylic acid groups (broad SMARTS) is 1. The lowest BCUT2D eigenvalue weighted by Gasteiger charge is -2.18. The average Bonchev–Trinajstić information content (AvgIpc) is 3.63. The van der Waals surface area contributed by atoms with E-state index in [1.165, 1.54) is 16.9 Å². The Bertz CT molecular complexity index is 1700. The first-order valence-corrected chi connectivity index (χ1v) is 15.2. The Morgan fingerprint density at radius 1 is 1.05 bits per heavy atom. The highest BCUT2D eigenvalue weighted by Gasteiger charge is 2.21. The number of thiazole rings is 2. The quantitative estimate of drug-likeness (QED) is 0.112. The maximum atomic E-state index is 12.0. The molecule has 8 nitrogen and oxygen atoms in total. The number of carbonyl (C=O) groups is 1. The number of hydrazone groups is 1. The van der Waals surface area contributed by atoms with E-state index in [1.807, 2.05) is 48.5 Å². The molecule has 11 heteroatoms. The molecule has 0 spiro atoms. The van der Waals surface area contributed by atoms with Crippen molar-refractivity contribution in [2.75, 3.05) is 12.0 Å². The molecule has 0 amide bonds. The topological polar surface area (TPSA) is 123 Å². The summed E-state index contributed by atoms with van der Waals surface area (Å²) in [7, 11) is 0. The second kappa shape index (κ2) is 13.4. The average molecular weight is 620 g/mol. The summed E-state index contributed by atoms with van der Waals surface area (Å²) in [5, 5.41) is 16.0. The minimum absolute atomic E-state index is 0. The molecule has 0 unspecified atom stereocenters. The van der Waals surface area contributed by atoms with Gasteiger partial charge in [0, 0.05) is 22.5 Å². The van der Waals surface area contributed by atoms with Crippen LogP contribution in [0.1, 0.15) is 51.3 Å². The minimum Gasteiger partial charge on any atom is -0.494 e. The molecule has 216 valence electrons. The summed E-state index contributed by atoms with van der Waals surface area (Å²) in [5.41, 5.74) is 15.1. The molecule has 0 atom stereocenters. The van der Waals surface area contributed by atoms with E-state index >= 15 is 0 Å². The van der Waals surface area contributed by atoms with E-state index in [0.29, 0.717) is 31.0 Å². The number of para-hydroxylation sites is 1. The summed E-state index contributed by atoms with van der Waals surface area (Å²) in [6.07, 6.45) is 4.11. The molecule has 0 saturated carbocycles. The fourth-order valence-corrected chi connectivity index (χ4v) is 6.78. The number of hydrogen-bond acceptors (Lipinski definition) is 9. The van der Waals surface area contributed by atoms with Crippen LogP contribution in [-0.4, -0.2) is 33.4 Å². The lowest BCUT2D eigenvalue weighted by atomic mass is 9.89. The molecule has 4 N–H and O–H groups in total. The third-order valence-corrected chi connectivity index (χ3v) is 9.09. The van der Waals surface area contributed by atoms with Gasteiger partial charge in [0.25, 0.3) is 0 Å². The third-order valence-electron chi connectivity index (χ3n) is 6.98. The minimum atomic E-state index is -1.01. The van der Waals surface area contributed by atoms with Crippen molar-refractivity contribution in [3.05, 3.63) is 94.0 Å². The van der Waals surface area contributed by atoms with Gasteiger partial charge in [-0.2, -0.15) is 5.10 Å². The highest BCUT2D eigenvalue weighted by Crippen LogP contribution is 2.33. The summed E-state index contributed by atoms with van der Waals surface area (Å²) < 4.78 is 6.95. The van der Waals surface area contributed by atoms with Crippen LogP contribution in [-0.2, 0) is 19.4 Å². The van der Waals surface area contributed by atoms with Crippen molar-refractivity contribution >= 4 is 62.1 Å².